The molecule has 1 aromatic carbocycles. The van der Waals surface area contributed by atoms with Crippen LogP contribution in [0, 0.1) is 5.82 Å². The van der Waals surface area contributed by atoms with Gasteiger partial charge >= 0.3 is 0 Å². The van der Waals surface area contributed by atoms with Crippen LogP contribution in [0.5, 0.6) is 0 Å². The van der Waals surface area contributed by atoms with Gasteiger partial charge in [0.15, 0.2) is 0 Å². The molecule has 17 heavy (non-hydrogen) atoms. The second kappa shape index (κ2) is 4.28. The molecule has 0 unspecified atom stereocenters. The summed E-state index contributed by atoms with van der Waals surface area (Å²) in [5.74, 6) is -0.0677. The Morgan fingerprint density at radius 1 is 0.882 bits per heavy atom. The fraction of sp³-hybridized carbons (Fsp3) is 0.267. The normalized spacial score (nSPS) is 14.4. The van der Waals surface area contributed by atoms with Crippen molar-refractivity contribution >= 4 is 0 Å². The van der Waals surface area contributed by atoms with E-state index in [1.807, 2.05) is 18.3 Å². The molecule has 0 saturated carbocycles. The molecule has 0 saturated heterocycles. The van der Waals surface area contributed by atoms with Crippen molar-refractivity contribution in [1.82, 2.24) is 4.98 Å². The first-order valence-electron chi connectivity index (χ1n) is 6.03. The standard InChI is InChI=1S/C15H14FN/c16-14-5-1-3-11-6-7-12-4-2-10-17-15(12)9-8-13(11)14/h1-5,10H,6-9H2. The van der Waals surface area contributed by atoms with Crippen molar-refractivity contribution in [3.05, 3.63) is 64.7 Å². The number of halogens is 1. The van der Waals surface area contributed by atoms with Crippen LogP contribution in [-0.2, 0) is 25.7 Å². The third-order valence-corrected chi connectivity index (χ3v) is 3.48. The molecule has 0 aliphatic heterocycles. The summed E-state index contributed by atoms with van der Waals surface area (Å²) in [5.41, 5.74) is 4.46. The van der Waals surface area contributed by atoms with Gasteiger partial charge < -0.3 is 0 Å². The maximum Gasteiger partial charge on any atom is 0.126 e. The van der Waals surface area contributed by atoms with Crippen LogP contribution in [0.2, 0.25) is 0 Å². The highest BCUT2D eigenvalue weighted by molar-refractivity contribution is 5.33. The fourth-order valence-electron chi connectivity index (χ4n) is 2.55. The van der Waals surface area contributed by atoms with Gasteiger partial charge in [-0.15, -0.1) is 0 Å². The zero-order valence-corrected chi connectivity index (χ0v) is 9.62. The largest absolute Gasteiger partial charge is 0.261 e. The minimum atomic E-state index is -0.0677. The van der Waals surface area contributed by atoms with E-state index in [1.54, 1.807) is 12.1 Å². The second-order valence-electron chi connectivity index (χ2n) is 4.49. The summed E-state index contributed by atoms with van der Waals surface area (Å²) in [5, 5.41) is 0. The summed E-state index contributed by atoms with van der Waals surface area (Å²) in [6, 6.07) is 9.51. The van der Waals surface area contributed by atoms with Crippen LogP contribution in [0.25, 0.3) is 0 Å². The Hall–Kier alpha value is -1.70. The summed E-state index contributed by atoms with van der Waals surface area (Å²) in [6.45, 7) is 0. The summed E-state index contributed by atoms with van der Waals surface area (Å²) < 4.78 is 13.7. The number of rotatable bonds is 0. The van der Waals surface area contributed by atoms with Crippen LogP contribution < -0.4 is 0 Å². The first-order chi connectivity index (χ1) is 8.34. The minimum absolute atomic E-state index is 0.0677. The molecule has 1 heterocycles. The van der Waals surface area contributed by atoms with E-state index in [2.05, 4.69) is 11.1 Å². The highest BCUT2D eigenvalue weighted by Crippen LogP contribution is 2.22. The summed E-state index contributed by atoms with van der Waals surface area (Å²) >= 11 is 0. The van der Waals surface area contributed by atoms with Gasteiger partial charge in [0.05, 0.1) is 0 Å². The molecule has 3 rings (SSSR count). The van der Waals surface area contributed by atoms with E-state index in [1.165, 1.54) is 5.56 Å². The molecule has 0 fully saturated rings. The molecule has 86 valence electrons. The van der Waals surface area contributed by atoms with Crippen molar-refractivity contribution < 1.29 is 4.39 Å². The lowest BCUT2D eigenvalue weighted by Crippen LogP contribution is -2.09. The van der Waals surface area contributed by atoms with Gasteiger partial charge in [-0.25, -0.2) is 4.39 Å². The number of aryl methyl sites for hydroxylation is 3. The summed E-state index contributed by atoms with van der Waals surface area (Å²) in [6.07, 6.45) is 5.28. The molecule has 0 N–H and O–H groups in total. The molecular formula is C15H14FN. The van der Waals surface area contributed by atoms with Gasteiger partial charge in [-0.3, -0.25) is 4.98 Å². The van der Waals surface area contributed by atoms with Crippen molar-refractivity contribution in [2.75, 3.05) is 0 Å². The van der Waals surface area contributed by atoms with Crippen LogP contribution in [0.15, 0.2) is 36.5 Å². The maximum atomic E-state index is 13.7. The first kappa shape index (κ1) is 10.5. The van der Waals surface area contributed by atoms with E-state index in [9.17, 15) is 4.39 Å². The third kappa shape index (κ3) is 1.95. The molecule has 0 spiro atoms. The van der Waals surface area contributed by atoms with E-state index in [-0.39, 0.29) is 5.82 Å². The van der Waals surface area contributed by atoms with E-state index < -0.39 is 0 Å². The Kier molecular flexibility index (Phi) is 2.63. The minimum Gasteiger partial charge on any atom is -0.261 e. The predicted molar refractivity (Wildman–Crippen MR) is 65.5 cm³/mol. The average Bonchev–Trinajstić information content (AvgIpc) is 2.33. The van der Waals surface area contributed by atoms with Gasteiger partial charge in [-0.05, 0) is 54.5 Å². The Bertz CT molecular complexity index is 548. The van der Waals surface area contributed by atoms with E-state index in [0.717, 1.165) is 42.5 Å². The average molecular weight is 227 g/mol. The lowest BCUT2D eigenvalue weighted by Gasteiger charge is -2.16. The number of hydrogen-bond acceptors (Lipinski definition) is 1. The van der Waals surface area contributed by atoms with Crippen molar-refractivity contribution in [3.63, 3.8) is 0 Å². The molecule has 0 atom stereocenters. The van der Waals surface area contributed by atoms with Gasteiger partial charge in [0.25, 0.3) is 0 Å². The molecule has 1 aliphatic carbocycles. The quantitative estimate of drug-likeness (QED) is 0.674. The Morgan fingerprint density at radius 3 is 2.65 bits per heavy atom. The Morgan fingerprint density at radius 2 is 1.71 bits per heavy atom. The smallest absolute Gasteiger partial charge is 0.126 e. The predicted octanol–water partition coefficient (Wildman–Crippen LogP) is 3.10. The summed E-state index contributed by atoms with van der Waals surface area (Å²) in [7, 11) is 0. The molecule has 2 heteroatoms. The van der Waals surface area contributed by atoms with Crippen molar-refractivity contribution in [2.45, 2.75) is 25.7 Å². The van der Waals surface area contributed by atoms with Crippen LogP contribution in [0.3, 0.4) is 0 Å². The van der Waals surface area contributed by atoms with E-state index >= 15 is 0 Å². The number of nitrogens with zero attached hydrogens (tertiary/aromatic N) is 1. The zero-order chi connectivity index (χ0) is 11.7. The third-order valence-electron chi connectivity index (χ3n) is 3.48. The van der Waals surface area contributed by atoms with Gasteiger partial charge in [0, 0.05) is 11.9 Å². The number of hydrogen-bond donors (Lipinski definition) is 0. The summed E-state index contributed by atoms with van der Waals surface area (Å²) in [4.78, 5) is 4.40. The molecule has 0 radical (unpaired) electrons. The van der Waals surface area contributed by atoms with Crippen molar-refractivity contribution in [3.8, 4) is 0 Å². The number of benzene rings is 1. The Balaban J connectivity index is 2.00. The zero-order valence-electron chi connectivity index (χ0n) is 9.62. The van der Waals surface area contributed by atoms with E-state index in [0.29, 0.717) is 0 Å². The molecular weight excluding hydrogens is 213 g/mol. The molecule has 1 nitrogen and oxygen atoms in total. The maximum absolute atomic E-state index is 13.7. The monoisotopic (exact) mass is 227 g/mol. The van der Waals surface area contributed by atoms with Gasteiger partial charge in [0.1, 0.15) is 5.82 Å². The molecule has 0 amide bonds. The number of aromatic nitrogens is 1. The van der Waals surface area contributed by atoms with Crippen LogP contribution in [0.4, 0.5) is 4.39 Å². The van der Waals surface area contributed by atoms with E-state index in [4.69, 9.17) is 0 Å². The SMILES string of the molecule is Fc1cccc2c1CCc1ncccc1CC2. The molecule has 1 aliphatic rings. The lowest BCUT2D eigenvalue weighted by molar-refractivity contribution is 0.601. The highest BCUT2D eigenvalue weighted by atomic mass is 19.1. The highest BCUT2D eigenvalue weighted by Gasteiger charge is 2.14. The molecule has 0 bridgehead atoms. The van der Waals surface area contributed by atoms with Gasteiger partial charge in [-0.2, -0.15) is 0 Å². The Labute approximate surface area is 100 Å². The topological polar surface area (TPSA) is 12.9 Å². The molecule has 2 aromatic rings. The van der Waals surface area contributed by atoms with Gasteiger partial charge in [-0.1, -0.05) is 18.2 Å². The fourth-order valence-corrected chi connectivity index (χ4v) is 2.55. The number of fused-ring (bicyclic) bond motifs is 2. The second-order valence-corrected chi connectivity index (χ2v) is 4.49. The van der Waals surface area contributed by atoms with Crippen LogP contribution >= 0.6 is 0 Å². The van der Waals surface area contributed by atoms with Crippen LogP contribution in [-0.4, -0.2) is 4.98 Å². The first-order valence-corrected chi connectivity index (χ1v) is 6.03. The van der Waals surface area contributed by atoms with Crippen molar-refractivity contribution in [2.24, 2.45) is 0 Å². The van der Waals surface area contributed by atoms with Crippen LogP contribution in [0.1, 0.15) is 22.4 Å². The molecule has 1 aromatic heterocycles. The number of pyridine rings is 1. The van der Waals surface area contributed by atoms with Crippen molar-refractivity contribution in [1.29, 1.82) is 0 Å². The van der Waals surface area contributed by atoms with Gasteiger partial charge in [0.2, 0.25) is 0 Å². The lowest BCUT2D eigenvalue weighted by atomic mass is 9.91.